The lowest BCUT2D eigenvalue weighted by molar-refractivity contribution is -0.130. The molecule has 4 heteroatoms. The van der Waals surface area contributed by atoms with E-state index in [2.05, 4.69) is 0 Å². The summed E-state index contributed by atoms with van der Waals surface area (Å²) in [7, 11) is 3.33. The van der Waals surface area contributed by atoms with E-state index in [0.717, 1.165) is 23.3 Å². The highest BCUT2D eigenvalue weighted by molar-refractivity contribution is 5.73. The van der Waals surface area contributed by atoms with Gasteiger partial charge >= 0.3 is 0 Å². The fraction of sp³-hybridized carbons (Fsp3) is 0.500. The maximum absolute atomic E-state index is 11.4. The summed E-state index contributed by atoms with van der Waals surface area (Å²) in [5.74, 6) is 0.770. The van der Waals surface area contributed by atoms with Crippen LogP contribution in [0.15, 0.2) is 18.2 Å². The fourth-order valence-electron chi connectivity index (χ4n) is 1.95. The Morgan fingerprint density at radius 1 is 1.50 bits per heavy atom. The molecule has 18 heavy (non-hydrogen) atoms. The van der Waals surface area contributed by atoms with Gasteiger partial charge in [-0.15, -0.1) is 0 Å². The number of carbonyl (C=O) groups is 1. The van der Waals surface area contributed by atoms with Gasteiger partial charge in [0.2, 0.25) is 5.91 Å². The van der Waals surface area contributed by atoms with Crippen LogP contribution in [-0.4, -0.2) is 36.7 Å². The number of benzene rings is 1. The maximum Gasteiger partial charge on any atom is 0.219 e. The van der Waals surface area contributed by atoms with Crippen LogP contribution in [-0.2, 0) is 11.2 Å². The minimum atomic E-state index is -0.307. The van der Waals surface area contributed by atoms with E-state index in [4.69, 9.17) is 4.74 Å². The molecule has 0 heterocycles. The van der Waals surface area contributed by atoms with Crippen LogP contribution in [0, 0.1) is 0 Å². The Labute approximate surface area is 108 Å². The molecule has 0 aromatic heterocycles. The largest absolute Gasteiger partial charge is 0.496 e. The lowest BCUT2D eigenvalue weighted by Crippen LogP contribution is -2.31. The number of nitrogens with zero attached hydrogens (tertiary/aromatic N) is 1. The third kappa shape index (κ3) is 3.01. The van der Waals surface area contributed by atoms with Crippen LogP contribution < -0.4 is 4.74 Å². The first-order valence-electron chi connectivity index (χ1n) is 6.06. The van der Waals surface area contributed by atoms with Crippen LogP contribution in [0.25, 0.3) is 0 Å². The Hall–Kier alpha value is -1.55. The molecule has 0 saturated heterocycles. The van der Waals surface area contributed by atoms with Gasteiger partial charge in [0.1, 0.15) is 5.75 Å². The van der Waals surface area contributed by atoms with Gasteiger partial charge in [-0.3, -0.25) is 4.79 Å². The summed E-state index contributed by atoms with van der Waals surface area (Å²) in [5.41, 5.74) is 2.00. The molecule has 0 aliphatic carbocycles. The molecule has 1 unspecified atom stereocenters. The summed E-state index contributed by atoms with van der Waals surface area (Å²) in [6.07, 6.45) is 0.846. The van der Waals surface area contributed by atoms with Crippen LogP contribution in [0.2, 0.25) is 0 Å². The SMILES string of the molecule is CCc1cc(C(CO)N(C)C(C)=O)ccc1OC. The molecule has 1 N–H and O–H groups in total. The van der Waals surface area contributed by atoms with Crippen molar-refractivity contribution in [3.05, 3.63) is 29.3 Å². The Bertz CT molecular complexity index is 418. The van der Waals surface area contributed by atoms with Crippen molar-refractivity contribution >= 4 is 5.91 Å². The van der Waals surface area contributed by atoms with Gasteiger partial charge in [-0.05, 0) is 29.7 Å². The molecule has 0 saturated carbocycles. The number of aryl methyl sites for hydroxylation is 1. The van der Waals surface area contributed by atoms with Crippen LogP contribution in [0.3, 0.4) is 0 Å². The molecule has 0 aliphatic rings. The molecular formula is C14H21NO3. The molecular weight excluding hydrogens is 230 g/mol. The number of hydrogen-bond donors (Lipinski definition) is 1. The van der Waals surface area contributed by atoms with Gasteiger partial charge in [-0.2, -0.15) is 0 Å². The van der Waals surface area contributed by atoms with Crippen LogP contribution >= 0.6 is 0 Å². The average molecular weight is 251 g/mol. The van der Waals surface area contributed by atoms with Gasteiger partial charge in [0, 0.05) is 14.0 Å². The lowest BCUT2D eigenvalue weighted by atomic mass is 10.0. The molecule has 1 rings (SSSR count). The van der Waals surface area contributed by atoms with Crippen molar-refractivity contribution in [1.82, 2.24) is 4.90 Å². The van der Waals surface area contributed by atoms with Gasteiger partial charge in [0.05, 0.1) is 19.8 Å². The number of likely N-dealkylation sites (N-methyl/N-ethyl adjacent to an activating group) is 1. The highest BCUT2D eigenvalue weighted by Crippen LogP contribution is 2.26. The fourth-order valence-corrected chi connectivity index (χ4v) is 1.95. The molecule has 1 aromatic rings. The lowest BCUT2D eigenvalue weighted by Gasteiger charge is -2.26. The Morgan fingerprint density at radius 2 is 2.17 bits per heavy atom. The van der Waals surface area contributed by atoms with Crippen molar-refractivity contribution in [2.75, 3.05) is 20.8 Å². The number of aliphatic hydroxyl groups excluding tert-OH is 1. The van der Waals surface area contributed by atoms with E-state index in [0.29, 0.717) is 0 Å². The second-order valence-corrected chi connectivity index (χ2v) is 4.25. The molecule has 0 fully saturated rings. The van der Waals surface area contributed by atoms with Gasteiger partial charge in [0.15, 0.2) is 0 Å². The van der Waals surface area contributed by atoms with Crippen molar-refractivity contribution in [2.45, 2.75) is 26.3 Å². The molecule has 1 amide bonds. The number of carbonyl (C=O) groups excluding carboxylic acids is 1. The van der Waals surface area contributed by atoms with E-state index in [1.54, 1.807) is 19.1 Å². The quantitative estimate of drug-likeness (QED) is 0.867. The van der Waals surface area contributed by atoms with E-state index >= 15 is 0 Å². The normalized spacial score (nSPS) is 12.1. The molecule has 1 atom stereocenters. The monoisotopic (exact) mass is 251 g/mol. The highest BCUT2D eigenvalue weighted by Gasteiger charge is 2.19. The van der Waals surface area contributed by atoms with Crippen LogP contribution in [0.4, 0.5) is 0 Å². The van der Waals surface area contributed by atoms with Gasteiger partial charge in [-0.25, -0.2) is 0 Å². The van der Waals surface area contributed by atoms with Crippen molar-refractivity contribution in [2.24, 2.45) is 0 Å². The van der Waals surface area contributed by atoms with E-state index in [1.807, 2.05) is 25.1 Å². The molecule has 0 spiro atoms. The second-order valence-electron chi connectivity index (χ2n) is 4.25. The molecule has 4 nitrogen and oxygen atoms in total. The summed E-state index contributed by atoms with van der Waals surface area (Å²) >= 11 is 0. The zero-order chi connectivity index (χ0) is 13.7. The molecule has 100 valence electrons. The zero-order valence-electron chi connectivity index (χ0n) is 11.4. The minimum absolute atomic E-state index is 0.0667. The number of methoxy groups -OCH3 is 1. The first-order chi connectivity index (χ1) is 8.54. The van der Waals surface area contributed by atoms with E-state index in [-0.39, 0.29) is 18.6 Å². The van der Waals surface area contributed by atoms with Crippen molar-refractivity contribution in [3.63, 3.8) is 0 Å². The molecule has 0 radical (unpaired) electrons. The van der Waals surface area contributed by atoms with E-state index in [1.165, 1.54) is 6.92 Å². The number of amides is 1. The summed E-state index contributed by atoms with van der Waals surface area (Å²) < 4.78 is 5.27. The van der Waals surface area contributed by atoms with Gasteiger partial charge < -0.3 is 14.7 Å². The maximum atomic E-state index is 11.4. The first kappa shape index (κ1) is 14.5. The number of rotatable bonds is 5. The number of aliphatic hydroxyl groups is 1. The Balaban J connectivity index is 3.10. The Kier molecular flexibility index (Phi) is 5.16. The second kappa shape index (κ2) is 6.40. The highest BCUT2D eigenvalue weighted by atomic mass is 16.5. The summed E-state index contributed by atoms with van der Waals surface area (Å²) in [6, 6.07) is 5.45. The van der Waals surface area contributed by atoms with Crippen molar-refractivity contribution in [1.29, 1.82) is 0 Å². The van der Waals surface area contributed by atoms with Gasteiger partial charge in [-0.1, -0.05) is 13.0 Å². The number of hydrogen-bond acceptors (Lipinski definition) is 3. The first-order valence-corrected chi connectivity index (χ1v) is 6.06. The van der Waals surface area contributed by atoms with Crippen molar-refractivity contribution in [3.8, 4) is 5.75 Å². The topological polar surface area (TPSA) is 49.8 Å². The third-order valence-corrected chi connectivity index (χ3v) is 3.21. The zero-order valence-corrected chi connectivity index (χ0v) is 11.4. The summed E-state index contributed by atoms with van der Waals surface area (Å²) in [5, 5.41) is 9.46. The van der Waals surface area contributed by atoms with Gasteiger partial charge in [0.25, 0.3) is 0 Å². The molecule has 1 aromatic carbocycles. The smallest absolute Gasteiger partial charge is 0.219 e. The van der Waals surface area contributed by atoms with E-state index < -0.39 is 0 Å². The van der Waals surface area contributed by atoms with Crippen LogP contribution in [0.1, 0.15) is 31.0 Å². The van der Waals surface area contributed by atoms with Crippen LogP contribution in [0.5, 0.6) is 5.75 Å². The minimum Gasteiger partial charge on any atom is -0.496 e. The Morgan fingerprint density at radius 3 is 2.61 bits per heavy atom. The molecule has 0 bridgehead atoms. The average Bonchev–Trinajstić information content (AvgIpc) is 2.39. The summed E-state index contributed by atoms with van der Waals surface area (Å²) in [4.78, 5) is 12.9. The predicted octanol–water partition coefficient (Wildman–Crippen LogP) is 1.77. The molecule has 0 aliphatic heterocycles. The van der Waals surface area contributed by atoms with Crippen molar-refractivity contribution < 1.29 is 14.6 Å². The number of ether oxygens (including phenoxy) is 1. The predicted molar refractivity (Wildman–Crippen MR) is 70.6 cm³/mol. The van der Waals surface area contributed by atoms with E-state index in [9.17, 15) is 9.90 Å². The summed E-state index contributed by atoms with van der Waals surface area (Å²) in [6.45, 7) is 3.45. The third-order valence-electron chi connectivity index (χ3n) is 3.21. The standard InChI is InChI=1S/C14H21NO3/c1-5-11-8-12(6-7-14(11)18-4)13(9-16)15(3)10(2)17/h6-8,13,16H,5,9H2,1-4H3.